The van der Waals surface area contributed by atoms with E-state index in [-0.39, 0.29) is 0 Å². The molecule has 0 radical (unpaired) electrons. The highest BCUT2D eigenvalue weighted by molar-refractivity contribution is 5.87. The lowest BCUT2D eigenvalue weighted by Gasteiger charge is -2.25. The van der Waals surface area contributed by atoms with Crippen LogP contribution in [0.15, 0.2) is 18.2 Å². The van der Waals surface area contributed by atoms with Crippen LogP contribution in [0.5, 0.6) is 0 Å². The second kappa shape index (κ2) is 4.61. The molecule has 0 unspecified atom stereocenters. The molecule has 1 aliphatic heterocycles. The second-order valence-electron chi connectivity index (χ2n) is 6.18. The van der Waals surface area contributed by atoms with Gasteiger partial charge in [0, 0.05) is 25.3 Å². The number of carbonyl (C=O) groups is 1. The molecule has 0 spiro atoms. The van der Waals surface area contributed by atoms with Gasteiger partial charge in [0.25, 0.3) is 0 Å². The molecule has 1 aliphatic rings. The van der Waals surface area contributed by atoms with Crippen LogP contribution in [0.25, 0.3) is 0 Å². The van der Waals surface area contributed by atoms with E-state index in [1.165, 1.54) is 11.1 Å². The van der Waals surface area contributed by atoms with Crippen LogP contribution < -0.4 is 11.1 Å². The smallest absolute Gasteiger partial charge is 0.316 e. The van der Waals surface area contributed by atoms with Gasteiger partial charge in [-0.25, -0.2) is 4.79 Å². The van der Waals surface area contributed by atoms with E-state index >= 15 is 0 Å². The van der Waals surface area contributed by atoms with Crippen LogP contribution in [0.1, 0.15) is 31.9 Å². The summed E-state index contributed by atoms with van der Waals surface area (Å²) < 4.78 is 0. The fourth-order valence-corrected chi connectivity index (χ4v) is 2.47. The molecule has 0 aliphatic carbocycles. The van der Waals surface area contributed by atoms with Crippen LogP contribution in [0.4, 0.5) is 10.5 Å². The van der Waals surface area contributed by atoms with E-state index in [1.54, 1.807) is 0 Å². The van der Waals surface area contributed by atoms with Gasteiger partial charge >= 0.3 is 6.03 Å². The molecular weight excluding hydrogens is 226 g/mol. The van der Waals surface area contributed by atoms with E-state index < -0.39 is 6.03 Å². The van der Waals surface area contributed by atoms with E-state index in [0.29, 0.717) is 5.41 Å². The van der Waals surface area contributed by atoms with Gasteiger partial charge in [0.1, 0.15) is 0 Å². The third kappa shape index (κ3) is 3.23. The highest BCUT2D eigenvalue weighted by atomic mass is 16.2. The number of hydrogen-bond donors (Lipinski definition) is 2. The molecule has 0 bridgehead atoms. The first-order valence-corrected chi connectivity index (χ1v) is 6.24. The minimum atomic E-state index is -0.514. The van der Waals surface area contributed by atoms with Crippen molar-refractivity contribution in [3.05, 3.63) is 29.3 Å². The largest absolute Gasteiger partial charge is 0.351 e. The molecule has 98 valence electrons. The van der Waals surface area contributed by atoms with Crippen molar-refractivity contribution in [2.24, 2.45) is 11.1 Å². The van der Waals surface area contributed by atoms with Crippen molar-refractivity contribution >= 4 is 11.7 Å². The zero-order valence-corrected chi connectivity index (χ0v) is 11.3. The quantitative estimate of drug-likeness (QED) is 0.843. The van der Waals surface area contributed by atoms with Gasteiger partial charge in [-0.15, -0.1) is 0 Å². The summed E-state index contributed by atoms with van der Waals surface area (Å²) in [6.45, 7) is 9.74. The molecule has 2 amide bonds. The minimum Gasteiger partial charge on any atom is -0.351 e. The maximum absolute atomic E-state index is 10.8. The standard InChI is InChI=1S/C14H21N3O/c1-14(2,3)9-17-7-10-4-5-12(16-13(15)18)6-11(10)8-17/h4-6H,7-9H2,1-3H3,(H3,15,16,18). The van der Waals surface area contributed by atoms with Gasteiger partial charge in [-0.3, -0.25) is 4.90 Å². The van der Waals surface area contributed by atoms with Crippen molar-refractivity contribution in [2.45, 2.75) is 33.9 Å². The second-order valence-corrected chi connectivity index (χ2v) is 6.18. The maximum atomic E-state index is 10.8. The number of fused-ring (bicyclic) bond motifs is 1. The van der Waals surface area contributed by atoms with Crippen molar-refractivity contribution < 1.29 is 4.79 Å². The Morgan fingerprint density at radius 2 is 2.00 bits per heavy atom. The molecule has 3 N–H and O–H groups in total. The normalized spacial score (nSPS) is 15.5. The fraction of sp³-hybridized carbons (Fsp3) is 0.500. The summed E-state index contributed by atoms with van der Waals surface area (Å²) in [4.78, 5) is 13.3. The van der Waals surface area contributed by atoms with Crippen LogP contribution in [-0.4, -0.2) is 17.5 Å². The van der Waals surface area contributed by atoms with E-state index in [4.69, 9.17) is 5.73 Å². The molecule has 1 aromatic carbocycles. The molecule has 1 aromatic rings. The van der Waals surface area contributed by atoms with E-state index in [0.717, 1.165) is 25.3 Å². The van der Waals surface area contributed by atoms with Gasteiger partial charge < -0.3 is 11.1 Å². The molecule has 1 heterocycles. The lowest BCUT2D eigenvalue weighted by molar-refractivity contribution is 0.193. The molecular formula is C14H21N3O. The topological polar surface area (TPSA) is 58.4 Å². The Morgan fingerprint density at radius 1 is 1.33 bits per heavy atom. The van der Waals surface area contributed by atoms with Gasteiger partial charge in [-0.1, -0.05) is 26.8 Å². The number of nitrogens with two attached hydrogens (primary N) is 1. The van der Waals surface area contributed by atoms with Crippen molar-refractivity contribution in [1.29, 1.82) is 0 Å². The lowest BCUT2D eigenvalue weighted by Crippen LogP contribution is -2.28. The van der Waals surface area contributed by atoms with Crippen molar-refractivity contribution in [3.63, 3.8) is 0 Å². The summed E-state index contributed by atoms with van der Waals surface area (Å²) in [5.74, 6) is 0. The number of nitrogens with zero attached hydrogens (tertiary/aromatic N) is 1. The van der Waals surface area contributed by atoms with E-state index in [2.05, 4.69) is 37.1 Å². The van der Waals surface area contributed by atoms with Gasteiger partial charge in [0.05, 0.1) is 0 Å². The molecule has 4 nitrogen and oxygen atoms in total. The number of benzene rings is 1. The number of nitrogens with one attached hydrogen (secondary N) is 1. The molecule has 4 heteroatoms. The number of anilines is 1. The Morgan fingerprint density at radius 3 is 2.61 bits per heavy atom. The zero-order valence-electron chi connectivity index (χ0n) is 11.3. The first-order valence-electron chi connectivity index (χ1n) is 6.24. The van der Waals surface area contributed by atoms with Gasteiger partial charge in [-0.05, 0) is 28.7 Å². The summed E-state index contributed by atoms with van der Waals surface area (Å²) in [7, 11) is 0. The molecule has 0 atom stereocenters. The lowest BCUT2D eigenvalue weighted by atomic mass is 9.96. The van der Waals surface area contributed by atoms with E-state index in [9.17, 15) is 4.79 Å². The Kier molecular flexibility index (Phi) is 3.30. The third-order valence-electron chi connectivity index (χ3n) is 2.96. The fourth-order valence-electron chi connectivity index (χ4n) is 2.47. The van der Waals surface area contributed by atoms with E-state index in [1.807, 2.05) is 12.1 Å². The maximum Gasteiger partial charge on any atom is 0.316 e. The number of urea groups is 1. The van der Waals surface area contributed by atoms with Crippen molar-refractivity contribution in [2.75, 3.05) is 11.9 Å². The van der Waals surface area contributed by atoms with Crippen LogP contribution in [0.2, 0.25) is 0 Å². The third-order valence-corrected chi connectivity index (χ3v) is 2.96. The van der Waals surface area contributed by atoms with Gasteiger partial charge in [0.15, 0.2) is 0 Å². The predicted octanol–water partition coefficient (Wildman–Crippen LogP) is 2.54. The first-order chi connectivity index (χ1) is 8.33. The number of rotatable bonds is 2. The summed E-state index contributed by atoms with van der Waals surface area (Å²) in [5.41, 5.74) is 8.82. The Hall–Kier alpha value is -1.55. The summed E-state index contributed by atoms with van der Waals surface area (Å²) in [5, 5.41) is 2.62. The van der Waals surface area contributed by atoms with Crippen molar-refractivity contribution in [1.82, 2.24) is 4.90 Å². The van der Waals surface area contributed by atoms with Crippen molar-refractivity contribution in [3.8, 4) is 0 Å². The van der Waals surface area contributed by atoms with Gasteiger partial charge in [0.2, 0.25) is 0 Å². The SMILES string of the molecule is CC(C)(C)CN1Cc2ccc(NC(N)=O)cc2C1. The molecule has 2 rings (SSSR count). The number of amides is 2. The van der Waals surface area contributed by atoms with Gasteiger partial charge in [-0.2, -0.15) is 0 Å². The highest BCUT2D eigenvalue weighted by Crippen LogP contribution is 2.28. The van der Waals surface area contributed by atoms with Crippen LogP contribution in [-0.2, 0) is 13.1 Å². The first kappa shape index (κ1) is 12.9. The average Bonchev–Trinajstić information content (AvgIpc) is 2.54. The van der Waals surface area contributed by atoms with Crippen LogP contribution in [0, 0.1) is 5.41 Å². The Balaban J connectivity index is 2.08. The number of primary amides is 1. The zero-order chi connectivity index (χ0) is 13.3. The van der Waals surface area contributed by atoms with Crippen LogP contribution >= 0.6 is 0 Å². The molecule has 0 aromatic heterocycles. The molecule has 0 saturated heterocycles. The predicted molar refractivity (Wildman–Crippen MR) is 73.2 cm³/mol. The summed E-state index contributed by atoms with van der Waals surface area (Å²) in [6, 6.07) is 5.48. The average molecular weight is 247 g/mol. The van der Waals surface area contributed by atoms with Crippen LogP contribution in [0.3, 0.4) is 0 Å². The molecule has 0 fully saturated rings. The Bertz CT molecular complexity index is 463. The summed E-state index contributed by atoms with van der Waals surface area (Å²) in [6.07, 6.45) is 0. The summed E-state index contributed by atoms with van der Waals surface area (Å²) >= 11 is 0. The molecule has 18 heavy (non-hydrogen) atoms. The molecule has 0 saturated carbocycles. The Labute approximate surface area is 108 Å². The number of carbonyl (C=O) groups excluding carboxylic acids is 1. The number of hydrogen-bond acceptors (Lipinski definition) is 2. The monoisotopic (exact) mass is 247 g/mol. The highest BCUT2D eigenvalue weighted by Gasteiger charge is 2.23. The minimum absolute atomic E-state index is 0.302.